The number of alkyl carbamates (subject to hydrolysis) is 1. The first-order valence-corrected chi connectivity index (χ1v) is 18.9. The van der Waals surface area contributed by atoms with E-state index in [1.165, 1.54) is 7.11 Å². The monoisotopic (exact) mass is 762 g/mol. The van der Waals surface area contributed by atoms with Gasteiger partial charge >= 0.3 is 12.2 Å². The van der Waals surface area contributed by atoms with E-state index in [1.54, 1.807) is 35.3 Å². The van der Waals surface area contributed by atoms with Crippen LogP contribution in [-0.2, 0) is 19.1 Å². The number of carbonyl (C=O) groups is 4. The second kappa shape index (κ2) is 16.2. The molecule has 5 atom stereocenters. The van der Waals surface area contributed by atoms with E-state index in [-0.39, 0.29) is 29.8 Å². The van der Waals surface area contributed by atoms with Gasteiger partial charge in [-0.05, 0) is 56.7 Å². The van der Waals surface area contributed by atoms with Crippen LogP contribution in [0.25, 0.3) is 44.8 Å². The zero-order valence-corrected chi connectivity index (χ0v) is 31.8. The predicted octanol–water partition coefficient (Wildman–Crippen LogP) is 5.66. The van der Waals surface area contributed by atoms with Gasteiger partial charge in [0.15, 0.2) is 6.10 Å². The van der Waals surface area contributed by atoms with Gasteiger partial charge < -0.3 is 40.3 Å². The maximum Gasteiger partial charge on any atom is 0.407 e. The van der Waals surface area contributed by atoms with Gasteiger partial charge in [-0.15, -0.1) is 0 Å². The van der Waals surface area contributed by atoms with E-state index in [9.17, 15) is 19.2 Å². The Morgan fingerprint density at radius 2 is 1.41 bits per heavy atom. The van der Waals surface area contributed by atoms with E-state index in [2.05, 4.69) is 30.0 Å². The Balaban J connectivity index is 1.02. The number of amides is 4. The summed E-state index contributed by atoms with van der Waals surface area (Å²) in [5.74, 6) is 0.745. The summed E-state index contributed by atoms with van der Waals surface area (Å²) in [6.45, 7) is 6.58. The zero-order chi connectivity index (χ0) is 39.5. The quantitative estimate of drug-likeness (QED) is 0.130. The van der Waals surface area contributed by atoms with Gasteiger partial charge in [0.25, 0.3) is 5.91 Å². The summed E-state index contributed by atoms with van der Waals surface area (Å²) in [4.78, 5) is 79.0. The van der Waals surface area contributed by atoms with E-state index in [0.29, 0.717) is 31.2 Å². The highest BCUT2D eigenvalue weighted by Crippen LogP contribution is 2.35. The Labute approximate surface area is 323 Å². The van der Waals surface area contributed by atoms with Gasteiger partial charge in [-0.1, -0.05) is 44.2 Å². The van der Waals surface area contributed by atoms with E-state index in [0.717, 1.165) is 70.5 Å². The van der Waals surface area contributed by atoms with Crippen LogP contribution in [0.2, 0.25) is 0 Å². The summed E-state index contributed by atoms with van der Waals surface area (Å²) in [6, 6.07) is 12.6. The third-order valence-electron chi connectivity index (χ3n) is 10.8. The molecule has 5 heterocycles. The summed E-state index contributed by atoms with van der Waals surface area (Å²) >= 11 is 0. The molecule has 2 aromatic carbocycles. The molecule has 7 rings (SSSR count). The van der Waals surface area contributed by atoms with Gasteiger partial charge in [-0.2, -0.15) is 0 Å². The van der Waals surface area contributed by atoms with Gasteiger partial charge in [-0.3, -0.25) is 14.6 Å². The number of methoxy groups -OCH3 is 1. The molecular formula is C40H46N10O6. The lowest BCUT2D eigenvalue weighted by Gasteiger charge is -2.29. The number of likely N-dealkylation sites (tertiary alicyclic amines) is 2. The smallest absolute Gasteiger partial charge is 0.407 e. The van der Waals surface area contributed by atoms with Crippen molar-refractivity contribution in [2.75, 3.05) is 20.2 Å². The topological polar surface area (TPSA) is 214 Å². The first-order valence-electron chi connectivity index (χ1n) is 18.9. The lowest BCUT2D eigenvalue weighted by atomic mass is 10.00. The summed E-state index contributed by atoms with van der Waals surface area (Å²) in [5, 5.41) is 2.55. The fourth-order valence-electron chi connectivity index (χ4n) is 7.53. The van der Waals surface area contributed by atoms with Crippen molar-refractivity contribution in [1.82, 2.24) is 45.0 Å². The van der Waals surface area contributed by atoms with Crippen molar-refractivity contribution in [3.8, 4) is 33.8 Å². The lowest BCUT2D eigenvalue weighted by molar-refractivity contribution is -0.144. The molecule has 16 nitrogen and oxygen atoms in total. The number of carbonyl (C=O) groups excluding carboxylic acids is 4. The molecule has 0 saturated carbocycles. The minimum absolute atomic E-state index is 0.174. The predicted molar refractivity (Wildman–Crippen MR) is 206 cm³/mol. The van der Waals surface area contributed by atoms with Crippen molar-refractivity contribution in [2.45, 2.75) is 77.1 Å². The largest absolute Gasteiger partial charge is 0.453 e. The van der Waals surface area contributed by atoms with Crippen LogP contribution in [0.1, 0.15) is 76.6 Å². The van der Waals surface area contributed by atoms with Gasteiger partial charge in [0.05, 0.1) is 65.9 Å². The molecule has 0 bridgehead atoms. The van der Waals surface area contributed by atoms with Crippen molar-refractivity contribution in [2.24, 2.45) is 11.7 Å². The zero-order valence-electron chi connectivity index (χ0n) is 31.8. The van der Waals surface area contributed by atoms with Crippen LogP contribution < -0.4 is 11.1 Å². The maximum atomic E-state index is 13.5. The van der Waals surface area contributed by atoms with Crippen molar-refractivity contribution in [1.29, 1.82) is 0 Å². The molecular weight excluding hydrogens is 717 g/mol. The maximum absolute atomic E-state index is 13.5. The average Bonchev–Trinajstić information content (AvgIpc) is 4.05. The molecule has 2 aliphatic heterocycles. The number of aromatic nitrogens is 6. The highest BCUT2D eigenvalue weighted by Gasteiger charge is 2.39. The Morgan fingerprint density at radius 1 is 0.821 bits per heavy atom. The number of hydrogen-bond donors (Lipinski definition) is 4. The summed E-state index contributed by atoms with van der Waals surface area (Å²) in [7, 11) is 1.26. The third-order valence-corrected chi connectivity index (χ3v) is 10.8. The third kappa shape index (κ3) is 7.76. The minimum Gasteiger partial charge on any atom is -0.453 e. The van der Waals surface area contributed by atoms with Gasteiger partial charge in [0.2, 0.25) is 5.91 Å². The van der Waals surface area contributed by atoms with E-state index >= 15 is 0 Å². The number of primary amides is 1. The van der Waals surface area contributed by atoms with Crippen molar-refractivity contribution in [3.05, 3.63) is 72.7 Å². The van der Waals surface area contributed by atoms with Crippen molar-refractivity contribution >= 4 is 35.0 Å². The molecule has 5 N–H and O–H groups in total. The van der Waals surface area contributed by atoms with E-state index in [4.69, 9.17) is 20.4 Å². The number of ether oxygens (including phenoxy) is 2. The molecule has 16 heteroatoms. The normalized spacial score (nSPS) is 18.4. The Hall–Kier alpha value is -6.32. The second-order valence-corrected chi connectivity index (χ2v) is 14.4. The van der Waals surface area contributed by atoms with Crippen LogP contribution in [0.15, 0.2) is 61.1 Å². The minimum atomic E-state index is -0.959. The van der Waals surface area contributed by atoms with Crippen molar-refractivity contribution in [3.63, 3.8) is 0 Å². The Bertz CT molecular complexity index is 2240. The van der Waals surface area contributed by atoms with E-state index in [1.807, 2.05) is 56.3 Å². The molecule has 0 radical (unpaired) electrons. The molecule has 2 fully saturated rings. The number of nitrogens with one attached hydrogen (secondary N) is 3. The average molecular weight is 763 g/mol. The highest BCUT2D eigenvalue weighted by atomic mass is 16.6. The Morgan fingerprint density at radius 3 is 2.02 bits per heavy atom. The molecule has 0 aliphatic carbocycles. The molecule has 2 saturated heterocycles. The van der Waals surface area contributed by atoms with E-state index < -0.39 is 24.3 Å². The fourth-order valence-corrected chi connectivity index (χ4v) is 7.53. The van der Waals surface area contributed by atoms with Gasteiger partial charge in [0, 0.05) is 30.1 Å². The Kier molecular flexibility index (Phi) is 11.0. The van der Waals surface area contributed by atoms with Gasteiger partial charge in [0.1, 0.15) is 17.7 Å². The van der Waals surface area contributed by atoms with Crippen LogP contribution in [-0.4, -0.2) is 96.0 Å². The molecule has 56 heavy (non-hydrogen) atoms. The number of H-pyrrole nitrogens is 2. The first kappa shape index (κ1) is 38.0. The van der Waals surface area contributed by atoms with Crippen LogP contribution in [0.3, 0.4) is 0 Å². The number of rotatable bonds is 11. The second-order valence-electron chi connectivity index (χ2n) is 14.4. The van der Waals surface area contributed by atoms with Crippen LogP contribution in [0.4, 0.5) is 9.59 Å². The number of nitrogens with two attached hydrogens (primary N) is 1. The number of hydrogen-bond acceptors (Lipinski definition) is 10. The molecule has 292 valence electrons. The number of fused-ring (bicyclic) bond motifs is 1. The molecule has 1 unspecified atom stereocenters. The number of aromatic amines is 2. The number of nitrogens with zero attached hydrogens (tertiary/aromatic N) is 6. The standard InChI is InChI=1S/C40H46N10O6/c1-5-22(2)34(56-39(41)53)38(52)50-17-7-9-33(50)36-43-20-30(47-36)25-12-10-24(11-13-25)29-19-42-28-18-26(14-15-27(28)46-29)31-21-44-35(48-31)32-8-6-16-49(32)37(51)23(3)45-40(54)55-4/h10-15,18-23,32-34H,5-9,16-17H2,1-4H3,(H2,41,53)(H,43,47)(H,44,48)(H,45,54)/t22?,23-,32+,33+,34+/m1/s1. The highest BCUT2D eigenvalue weighted by molar-refractivity contribution is 5.86. The lowest BCUT2D eigenvalue weighted by Crippen LogP contribution is -2.46. The summed E-state index contributed by atoms with van der Waals surface area (Å²) in [5.41, 5.74) is 11.8. The van der Waals surface area contributed by atoms with Crippen LogP contribution in [0.5, 0.6) is 0 Å². The van der Waals surface area contributed by atoms with Crippen LogP contribution >= 0.6 is 0 Å². The first-order chi connectivity index (χ1) is 27.0. The summed E-state index contributed by atoms with van der Waals surface area (Å²) < 4.78 is 9.90. The fraction of sp³-hybridized carbons (Fsp3) is 0.400. The number of imidazole rings is 2. The molecule has 3 aromatic heterocycles. The summed E-state index contributed by atoms with van der Waals surface area (Å²) in [6.07, 6.45) is 6.53. The van der Waals surface area contributed by atoms with Gasteiger partial charge in [-0.25, -0.2) is 24.5 Å². The SMILES string of the molecule is CCC(C)[C@H](OC(N)=O)C(=O)N1CCC[C@H]1c1ncc(-c2ccc(-c3cnc4cc(-c5cnc([C@@H]6CCCN6C(=O)[C@@H](C)NC(=O)OC)[nH]5)ccc4n3)cc2)[nH]1. The molecule has 2 aliphatic rings. The van der Waals surface area contributed by atoms with Crippen LogP contribution in [0, 0.1) is 5.92 Å². The number of benzene rings is 2. The molecule has 0 spiro atoms. The van der Waals surface area contributed by atoms with Crippen molar-refractivity contribution < 1.29 is 28.7 Å². The molecule has 5 aromatic rings. The molecule has 4 amide bonds.